The molecule has 0 radical (unpaired) electrons. The van der Waals surface area contributed by atoms with Crippen LogP contribution in [0.5, 0.6) is 0 Å². The topological polar surface area (TPSA) is 64.1 Å². The molecule has 2 aliphatic heterocycles. The minimum atomic E-state index is -0.951. The molecule has 1 aromatic rings. The molecule has 2 heterocycles. The highest BCUT2D eigenvalue weighted by Gasteiger charge is 2.40. The van der Waals surface area contributed by atoms with E-state index in [-0.39, 0.29) is 23.6 Å². The van der Waals surface area contributed by atoms with Gasteiger partial charge in [0.05, 0.1) is 11.3 Å². The fourth-order valence-corrected chi connectivity index (χ4v) is 4.45. The van der Waals surface area contributed by atoms with Crippen molar-refractivity contribution in [2.75, 3.05) is 38.1 Å². The third-order valence-corrected chi connectivity index (χ3v) is 5.66. The van der Waals surface area contributed by atoms with Crippen LogP contribution in [-0.2, 0) is 11.2 Å². The van der Waals surface area contributed by atoms with Crippen LogP contribution < -0.4 is 4.90 Å². The first kappa shape index (κ1) is 18.2. The number of carbonyl (C=O) groups is 2. The van der Waals surface area contributed by atoms with Crippen LogP contribution in [0.1, 0.15) is 29.8 Å². The van der Waals surface area contributed by atoms with Gasteiger partial charge in [-0.2, -0.15) is 0 Å². The third-order valence-electron chi connectivity index (χ3n) is 5.05. The summed E-state index contributed by atoms with van der Waals surface area (Å²) >= 11 is 3.52. The van der Waals surface area contributed by atoms with Crippen molar-refractivity contribution in [3.8, 4) is 0 Å². The van der Waals surface area contributed by atoms with E-state index >= 15 is 0 Å². The van der Waals surface area contributed by atoms with Gasteiger partial charge in [-0.3, -0.25) is 4.79 Å². The first-order valence-corrected chi connectivity index (χ1v) is 9.40. The maximum absolute atomic E-state index is 13.2. The number of carbonyl (C=O) groups excluding carboxylic acids is 1. The van der Waals surface area contributed by atoms with Crippen LogP contribution in [0.25, 0.3) is 0 Å². The van der Waals surface area contributed by atoms with Gasteiger partial charge in [0, 0.05) is 43.1 Å². The number of fused-ring (bicyclic) bond motifs is 1. The van der Waals surface area contributed by atoms with Gasteiger partial charge in [0.1, 0.15) is 6.04 Å². The summed E-state index contributed by atoms with van der Waals surface area (Å²) in [5.74, 6) is -0.810. The lowest BCUT2D eigenvalue weighted by Crippen LogP contribution is -2.55. The molecular formula is C18H24BrN3O3. The molecule has 1 N–H and O–H groups in total. The lowest BCUT2D eigenvalue weighted by Gasteiger charge is -2.38. The maximum atomic E-state index is 13.2. The Morgan fingerprint density at radius 1 is 1.20 bits per heavy atom. The van der Waals surface area contributed by atoms with Crippen molar-refractivity contribution in [3.63, 3.8) is 0 Å². The van der Waals surface area contributed by atoms with Gasteiger partial charge in [-0.05, 0) is 54.5 Å². The molecule has 2 aliphatic rings. The average Bonchev–Trinajstić information content (AvgIpc) is 2.95. The number of nitrogens with zero attached hydrogens (tertiary/aromatic N) is 3. The second-order valence-corrected chi connectivity index (χ2v) is 7.97. The predicted octanol–water partition coefficient (Wildman–Crippen LogP) is 2.06. The van der Waals surface area contributed by atoms with Crippen LogP contribution in [0, 0.1) is 0 Å². The molecule has 1 aromatic carbocycles. The first-order chi connectivity index (χ1) is 11.8. The molecule has 1 unspecified atom stereocenters. The monoisotopic (exact) mass is 409 g/mol. The van der Waals surface area contributed by atoms with E-state index in [1.165, 1.54) is 0 Å². The molecule has 136 valence electrons. The van der Waals surface area contributed by atoms with Crippen molar-refractivity contribution >= 4 is 33.5 Å². The van der Waals surface area contributed by atoms with E-state index in [9.17, 15) is 14.7 Å². The Morgan fingerprint density at radius 2 is 1.84 bits per heavy atom. The molecule has 0 aromatic heterocycles. The molecule has 1 saturated heterocycles. The highest BCUT2D eigenvalue weighted by Crippen LogP contribution is 2.41. The normalized spacial score (nSPS) is 20.9. The summed E-state index contributed by atoms with van der Waals surface area (Å²) < 4.78 is 0.741. The highest BCUT2D eigenvalue weighted by atomic mass is 79.9. The quantitative estimate of drug-likeness (QED) is 0.827. The number of likely N-dealkylation sites (N-methyl/N-ethyl adjacent to an activating group) is 1. The smallest absolute Gasteiger partial charge is 0.335 e. The van der Waals surface area contributed by atoms with Crippen molar-refractivity contribution in [2.45, 2.75) is 32.4 Å². The number of aromatic carboxylic acids is 1. The lowest BCUT2D eigenvalue weighted by atomic mass is 10.1. The van der Waals surface area contributed by atoms with E-state index in [0.717, 1.165) is 41.9 Å². The van der Waals surface area contributed by atoms with Crippen LogP contribution in [0.3, 0.4) is 0 Å². The molecule has 1 atom stereocenters. The summed E-state index contributed by atoms with van der Waals surface area (Å²) in [6, 6.07) is 3.21. The number of piperazine rings is 1. The lowest BCUT2D eigenvalue weighted by molar-refractivity contribution is -0.134. The van der Waals surface area contributed by atoms with Gasteiger partial charge in [-0.15, -0.1) is 0 Å². The molecule has 0 spiro atoms. The number of carboxylic acids is 1. The number of rotatable bonds is 3. The SMILES string of the molecule is CC(C)N1c2c(Br)cc(C(=O)O)cc2CC1C(=O)N1CCN(C)CC1. The molecule has 0 saturated carbocycles. The van der Waals surface area contributed by atoms with E-state index in [0.29, 0.717) is 6.42 Å². The number of carboxylic acid groups (broad SMARTS) is 1. The van der Waals surface area contributed by atoms with E-state index in [4.69, 9.17) is 0 Å². The standard InChI is InChI=1S/C18H24BrN3O3/c1-11(2)22-15(17(23)21-6-4-20(3)5-7-21)10-12-8-13(18(24)25)9-14(19)16(12)22/h8-9,11,15H,4-7,10H2,1-3H3,(H,24,25). The number of anilines is 1. The Bertz CT molecular complexity index is 699. The van der Waals surface area contributed by atoms with Crippen LogP contribution >= 0.6 is 15.9 Å². The summed E-state index contributed by atoms with van der Waals surface area (Å²) in [7, 11) is 2.07. The summed E-state index contributed by atoms with van der Waals surface area (Å²) in [6.07, 6.45) is 0.554. The molecule has 1 amide bonds. The first-order valence-electron chi connectivity index (χ1n) is 8.61. The van der Waals surface area contributed by atoms with Crippen molar-refractivity contribution in [1.29, 1.82) is 0 Å². The fourth-order valence-electron chi connectivity index (χ4n) is 3.75. The molecule has 25 heavy (non-hydrogen) atoms. The van der Waals surface area contributed by atoms with Crippen molar-refractivity contribution in [3.05, 3.63) is 27.7 Å². The summed E-state index contributed by atoms with van der Waals surface area (Å²) in [5, 5.41) is 9.31. The third kappa shape index (κ3) is 3.40. The zero-order valence-corrected chi connectivity index (χ0v) is 16.4. The zero-order chi connectivity index (χ0) is 18.3. The summed E-state index contributed by atoms with van der Waals surface area (Å²) in [6.45, 7) is 7.40. The predicted molar refractivity (Wildman–Crippen MR) is 100 cm³/mol. The number of benzene rings is 1. The molecule has 0 bridgehead atoms. The minimum absolute atomic E-state index is 0.141. The van der Waals surface area contributed by atoms with Gasteiger partial charge in [0.2, 0.25) is 5.91 Å². The summed E-state index contributed by atoms with van der Waals surface area (Å²) in [5.41, 5.74) is 2.13. The van der Waals surface area contributed by atoms with Crippen LogP contribution in [-0.4, -0.2) is 72.1 Å². The molecule has 7 heteroatoms. The molecule has 6 nitrogen and oxygen atoms in total. The second-order valence-electron chi connectivity index (χ2n) is 7.12. The Kier molecular flexibility index (Phi) is 5.06. The molecule has 3 rings (SSSR count). The fraction of sp³-hybridized carbons (Fsp3) is 0.556. The minimum Gasteiger partial charge on any atom is -0.478 e. The Balaban J connectivity index is 1.92. The van der Waals surface area contributed by atoms with Gasteiger partial charge < -0.3 is 19.8 Å². The average molecular weight is 410 g/mol. The van der Waals surface area contributed by atoms with E-state index in [1.54, 1.807) is 12.1 Å². The van der Waals surface area contributed by atoms with Crippen molar-refractivity contribution < 1.29 is 14.7 Å². The molecule has 0 aliphatic carbocycles. The maximum Gasteiger partial charge on any atom is 0.335 e. The van der Waals surface area contributed by atoms with Gasteiger partial charge in [0.15, 0.2) is 0 Å². The van der Waals surface area contributed by atoms with Crippen LogP contribution in [0.4, 0.5) is 5.69 Å². The van der Waals surface area contributed by atoms with Gasteiger partial charge >= 0.3 is 5.97 Å². The van der Waals surface area contributed by atoms with E-state index in [1.807, 2.05) is 4.90 Å². The van der Waals surface area contributed by atoms with Crippen LogP contribution in [0.2, 0.25) is 0 Å². The van der Waals surface area contributed by atoms with Gasteiger partial charge in [-0.1, -0.05) is 0 Å². The van der Waals surface area contributed by atoms with Crippen molar-refractivity contribution in [1.82, 2.24) is 9.80 Å². The largest absolute Gasteiger partial charge is 0.478 e. The second kappa shape index (κ2) is 6.96. The number of hydrogen-bond donors (Lipinski definition) is 1. The van der Waals surface area contributed by atoms with Gasteiger partial charge in [-0.25, -0.2) is 4.79 Å². The van der Waals surface area contributed by atoms with Crippen molar-refractivity contribution in [2.24, 2.45) is 0 Å². The Hall–Kier alpha value is -1.60. The number of halogens is 1. The van der Waals surface area contributed by atoms with Gasteiger partial charge in [0.25, 0.3) is 0 Å². The molecular weight excluding hydrogens is 386 g/mol. The summed E-state index contributed by atoms with van der Waals surface area (Å²) in [4.78, 5) is 30.8. The Labute approximate surface area is 156 Å². The Morgan fingerprint density at radius 3 is 2.40 bits per heavy atom. The highest BCUT2D eigenvalue weighted by molar-refractivity contribution is 9.10. The van der Waals surface area contributed by atoms with E-state index in [2.05, 4.69) is 46.6 Å². The molecule has 1 fully saturated rings. The number of amides is 1. The zero-order valence-electron chi connectivity index (χ0n) is 14.8. The van der Waals surface area contributed by atoms with E-state index < -0.39 is 5.97 Å². The number of hydrogen-bond acceptors (Lipinski definition) is 4. The van der Waals surface area contributed by atoms with Crippen LogP contribution in [0.15, 0.2) is 16.6 Å².